The minimum atomic E-state index is 0.592. The van der Waals surface area contributed by atoms with Gasteiger partial charge in [-0.25, -0.2) is 0 Å². The van der Waals surface area contributed by atoms with Gasteiger partial charge in [0.15, 0.2) is 0 Å². The van der Waals surface area contributed by atoms with Gasteiger partial charge in [-0.15, -0.1) is 46.2 Å². The summed E-state index contributed by atoms with van der Waals surface area (Å²) in [5.74, 6) is 0. The fourth-order valence-corrected chi connectivity index (χ4v) is 11.3. The summed E-state index contributed by atoms with van der Waals surface area (Å²) < 4.78 is 3.97. The van der Waals surface area contributed by atoms with Crippen molar-refractivity contribution in [2.75, 3.05) is 0 Å². The molecule has 2 heterocycles. The molecule has 4 atom stereocenters. The molecule has 0 amide bonds. The van der Waals surface area contributed by atoms with Crippen LogP contribution in [-0.4, -0.2) is 20.2 Å². The van der Waals surface area contributed by atoms with Gasteiger partial charge in [0.1, 0.15) is 3.14 Å². The standard InChI is InChI=1S/C8H6Br2S5/c9-2-1-3-5(4(2)10)13-7-6(12-3)14-8(11)15-7/h2-5H,1H2/t2-,3-,4-,5+/m0/s1. The molecule has 1 aromatic rings. The van der Waals surface area contributed by atoms with E-state index in [0.29, 0.717) is 14.9 Å². The first-order valence-electron chi connectivity index (χ1n) is 4.40. The largest absolute Gasteiger partial charge is 0.145 e. The number of hydrogen-bond acceptors (Lipinski definition) is 5. The Labute approximate surface area is 127 Å². The van der Waals surface area contributed by atoms with Crippen LogP contribution in [0, 0.1) is 3.14 Å². The molecule has 1 saturated carbocycles. The van der Waals surface area contributed by atoms with Crippen LogP contribution >= 0.6 is 90.3 Å². The van der Waals surface area contributed by atoms with Crippen molar-refractivity contribution in [2.45, 2.75) is 35.0 Å². The summed E-state index contributed by atoms with van der Waals surface area (Å²) in [5.41, 5.74) is 0. The van der Waals surface area contributed by atoms with Crippen LogP contribution in [0.25, 0.3) is 0 Å². The van der Waals surface area contributed by atoms with Gasteiger partial charge in [0.05, 0.1) is 8.42 Å². The Hall–Kier alpha value is 1.93. The maximum Gasteiger partial charge on any atom is 0.145 e. The lowest BCUT2D eigenvalue weighted by atomic mass is 10.4. The minimum Gasteiger partial charge on any atom is -0.109 e. The molecule has 0 bridgehead atoms. The highest BCUT2D eigenvalue weighted by molar-refractivity contribution is 9.12. The first kappa shape index (κ1) is 12.0. The molecule has 0 saturated heterocycles. The SMILES string of the molecule is S=c1sc2c(s1)S[C@H]1C[C@H](Br)[C@H](Br)[C@@H]1S2. The Morgan fingerprint density at radius 3 is 2.53 bits per heavy atom. The molecule has 0 aromatic carbocycles. The van der Waals surface area contributed by atoms with Crippen LogP contribution in [0.1, 0.15) is 6.42 Å². The van der Waals surface area contributed by atoms with Crippen molar-refractivity contribution in [3.8, 4) is 0 Å². The van der Waals surface area contributed by atoms with Crippen molar-refractivity contribution in [3.05, 3.63) is 3.14 Å². The lowest BCUT2D eigenvalue weighted by Gasteiger charge is -2.24. The molecule has 15 heavy (non-hydrogen) atoms. The lowest BCUT2D eigenvalue weighted by Crippen LogP contribution is -2.23. The molecule has 1 aromatic heterocycles. The maximum atomic E-state index is 5.25. The number of fused-ring (bicyclic) bond motifs is 2. The van der Waals surface area contributed by atoms with E-state index < -0.39 is 0 Å². The average Bonchev–Trinajstić information content (AvgIpc) is 2.65. The van der Waals surface area contributed by atoms with Crippen LogP contribution in [0.5, 0.6) is 0 Å². The molecule has 2 aliphatic rings. The quantitative estimate of drug-likeness (QED) is 0.406. The highest BCUT2D eigenvalue weighted by Crippen LogP contribution is 2.57. The van der Waals surface area contributed by atoms with Gasteiger partial charge in [0.25, 0.3) is 0 Å². The highest BCUT2D eigenvalue weighted by Gasteiger charge is 2.45. The van der Waals surface area contributed by atoms with Gasteiger partial charge < -0.3 is 0 Å². The van der Waals surface area contributed by atoms with E-state index in [2.05, 4.69) is 31.9 Å². The summed E-state index contributed by atoms with van der Waals surface area (Å²) in [6.07, 6.45) is 1.26. The van der Waals surface area contributed by atoms with Gasteiger partial charge in [-0.3, -0.25) is 0 Å². The molecule has 82 valence electrons. The van der Waals surface area contributed by atoms with E-state index in [1.54, 1.807) is 22.7 Å². The van der Waals surface area contributed by atoms with E-state index in [9.17, 15) is 0 Å². The second kappa shape index (κ2) is 4.55. The molecule has 3 rings (SSSR count). The molecule has 0 N–H and O–H groups in total. The number of thioether (sulfide) groups is 2. The summed E-state index contributed by atoms with van der Waals surface area (Å²) in [7, 11) is 0. The summed E-state index contributed by atoms with van der Waals surface area (Å²) >= 11 is 20.4. The van der Waals surface area contributed by atoms with Gasteiger partial charge >= 0.3 is 0 Å². The van der Waals surface area contributed by atoms with E-state index in [1.165, 1.54) is 14.8 Å². The van der Waals surface area contributed by atoms with E-state index in [0.717, 1.165) is 8.39 Å². The molecule has 0 nitrogen and oxygen atoms in total. The Kier molecular flexibility index (Phi) is 3.64. The first-order valence-corrected chi connectivity index (χ1v) is 10.0. The molecule has 0 radical (unpaired) electrons. The zero-order valence-corrected chi connectivity index (χ0v) is 14.6. The second-order valence-corrected chi connectivity index (χ2v) is 11.9. The number of halogens is 2. The number of alkyl halides is 2. The zero-order valence-electron chi connectivity index (χ0n) is 7.31. The third-order valence-corrected chi connectivity index (χ3v) is 12.1. The van der Waals surface area contributed by atoms with Gasteiger partial charge in [-0.1, -0.05) is 44.1 Å². The normalized spacial score (nSPS) is 38.8. The van der Waals surface area contributed by atoms with Crippen LogP contribution in [0.3, 0.4) is 0 Å². The minimum absolute atomic E-state index is 0.592. The summed E-state index contributed by atoms with van der Waals surface area (Å²) in [5, 5.41) is 1.45. The van der Waals surface area contributed by atoms with Crippen molar-refractivity contribution in [2.24, 2.45) is 0 Å². The van der Waals surface area contributed by atoms with Crippen molar-refractivity contribution in [1.29, 1.82) is 0 Å². The van der Waals surface area contributed by atoms with Gasteiger partial charge in [-0.05, 0) is 6.42 Å². The first-order chi connectivity index (χ1) is 7.15. The van der Waals surface area contributed by atoms with Gasteiger partial charge in [-0.2, -0.15) is 0 Å². The van der Waals surface area contributed by atoms with E-state index >= 15 is 0 Å². The number of rotatable bonds is 0. The van der Waals surface area contributed by atoms with Crippen molar-refractivity contribution < 1.29 is 0 Å². The fourth-order valence-electron chi connectivity index (χ4n) is 1.81. The van der Waals surface area contributed by atoms with Gasteiger partial charge in [0, 0.05) is 20.2 Å². The summed E-state index contributed by atoms with van der Waals surface area (Å²) in [4.78, 5) is 1.21. The molecular formula is C8H6Br2S5. The van der Waals surface area contributed by atoms with Crippen LogP contribution in [-0.2, 0) is 0 Å². The molecule has 0 unspecified atom stereocenters. The Bertz CT molecular complexity index is 438. The fraction of sp³-hybridized carbons (Fsp3) is 0.625. The van der Waals surface area contributed by atoms with Crippen molar-refractivity contribution >= 4 is 90.3 Å². The molecule has 1 aliphatic heterocycles. The summed E-state index contributed by atoms with van der Waals surface area (Å²) in [6.45, 7) is 0. The predicted molar refractivity (Wildman–Crippen MR) is 82.4 cm³/mol. The molecule has 1 fully saturated rings. The van der Waals surface area contributed by atoms with E-state index in [1.807, 2.05) is 23.5 Å². The van der Waals surface area contributed by atoms with E-state index in [4.69, 9.17) is 12.2 Å². The molecule has 1 aliphatic carbocycles. The highest BCUT2D eigenvalue weighted by atomic mass is 79.9. The monoisotopic (exact) mass is 420 g/mol. The summed E-state index contributed by atoms with van der Waals surface area (Å²) in [6, 6.07) is 0. The smallest absolute Gasteiger partial charge is 0.109 e. The second-order valence-electron chi connectivity index (χ2n) is 3.46. The van der Waals surface area contributed by atoms with Crippen LogP contribution in [0.4, 0.5) is 0 Å². The maximum absolute atomic E-state index is 5.25. The topological polar surface area (TPSA) is 0 Å². The van der Waals surface area contributed by atoms with Crippen LogP contribution in [0.15, 0.2) is 8.42 Å². The predicted octanol–water partition coefficient (Wildman–Crippen LogP) is 5.40. The Morgan fingerprint density at radius 2 is 1.80 bits per heavy atom. The van der Waals surface area contributed by atoms with E-state index in [-0.39, 0.29) is 0 Å². The Morgan fingerprint density at radius 1 is 1.13 bits per heavy atom. The average molecular weight is 422 g/mol. The number of hydrogen-bond donors (Lipinski definition) is 0. The molecule has 0 spiro atoms. The van der Waals surface area contributed by atoms with Crippen molar-refractivity contribution in [3.63, 3.8) is 0 Å². The lowest BCUT2D eigenvalue weighted by molar-refractivity contribution is 0.922. The van der Waals surface area contributed by atoms with Crippen LogP contribution < -0.4 is 0 Å². The Balaban J connectivity index is 1.95. The molecular weight excluding hydrogens is 416 g/mol. The third kappa shape index (κ3) is 2.15. The van der Waals surface area contributed by atoms with Crippen molar-refractivity contribution in [1.82, 2.24) is 0 Å². The molecule has 7 heteroatoms. The van der Waals surface area contributed by atoms with Crippen LogP contribution in [0.2, 0.25) is 0 Å². The van der Waals surface area contributed by atoms with Gasteiger partial charge in [0.2, 0.25) is 0 Å². The zero-order chi connectivity index (χ0) is 10.6. The third-order valence-electron chi connectivity index (χ3n) is 2.50.